The number of carbonyl (C=O) groups is 1. The van der Waals surface area contributed by atoms with Gasteiger partial charge in [-0.05, 0) is 0 Å². The Labute approximate surface area is 95.7 Å². The third-order valence-electron chi connectivity index (χ3n) is 1.28. The number of esters is 1. The Bertz CT molecular complexity index is 213. The van der Waals surface area contributed by atoms with Crippen LogP contribution in [0.1, 0.15) is 13.8 Å². The van der Waals surface area contributed by atoms with Crippen molar-refractivity contribution in [3.8, 4) is 0 Å². The van der Waals surface area contributed by atoms with Gasteiger partial charge < -0.3 is 0 Å². The molecule has 0 spiro atoms. The zero-order valence-corrected chi connectivity index (χ0v) is 13.4. The van der Waals surface area contributed by atoms with Crippen LogP contribution in [0.3, 0.4) is 0 Å². The fourth-order valence-corrected chi connectivity index (χ4v) is 6.92. The Morgan fingerprint density at radius 2 is 2.15 bits per heavy atom. The summed E-state index contributed by atoms with van der Waals surface area (Å²) in [5.41, 5.74) is 0.555. The fraction of sp³-hybridized carbons (Fsp3) is 0.571. The molecule has 0 heterocycles. The molecule has 0 rings (SSSR count). The van der Waals surface area contributed by atoms with Crippen molar-refractivity contribution in [1.82, 2.24) is 0 Å². The minimum atomic E-state index is -3.13. The van der Waals surface area contributed by atoms with Gasteiger partial charge >= 0.3 is 96.5 Å². The van der Waals surface area contributed by atoms with Crippen LogP contribution < -0.4 is 0 Å². The van der Waals surface area contributed by atoms with Crippen LogP contribution in [0.4, 0.5) is 0 Å². The van der Waals surface area contributed by atoms with E-state index < -0.39 is 13.9 Å². The van der Waals surface area contributed by atoms with Crippen LogP contribution >= 0.6 is 30.5 Å². The van der Waals surface area contributed by atoms with Crippen molar-refractivity contribution in [3.63, 3.8) is 0 Å². The topological polar surface area (TPSA) is 26.3 Å². The van der Waals surface area contributed by atoms with E-state index in [0.717, 1.165) is 0 Å². The van der Waals surface area contributed by atoms with Crippen LogP contribution in [0.25, 0.3) is 0 Å². The monoisotopic (exact) mass is 396 g/mol. The van der Waals surface area contributed by atoms with Crippen molar-refractivity contribution < 1.29 is 9.53 Å². The van der Waals surface area contributed by atoms with Crippen molar-refractivity contribution in [1.29, 1.82) is 0 Å². The van der Waals surface area contributed by atoms with Crippen molar-refractivity contribution >= 4 is 50.4 Å². The summed E-state index contributed by atoms with van der Waals surface area (Å²) < 4.78 is 5.25. The first-order chi connectivity index (χ1) is 5.90. The van der Waals surface area contributed by atoms with E-state index in [2.05, 4.69) is 12.7 Å². The molecule has 2 nitrogen and oxygen atoms in total. The summed E-state index contributed by atoms with van der Waals surface area (Å²) in [5, 5.41) is 0. The van der Waals surface area contributed by atoms with Crippen molar-refractivity contribution in [2.24, 2.45) is 0 Å². The molecule has 0 aliphatic heterocycles. The molecular formula is C7H11BrCl2O2Sn. The molecule has 0 aromatic heterocycles. The summed E-state index contributed by atoms with van der Waals surface area (Å²) >= 11 is 0.103. The van der Waals surface area contributed by atoms with Gasteiger partial charge in [0.2, 0.25) is 0 Å². The van der Waals surface area contributed by atoms with Crippen molar-refractivity contribution in [3.05, 3.63) is 11.6 Å². The van der Waals surface area contributed by atoms with Gasteiger partial charge in [-0.3, -0.25) is 0 Å². The van der Waals surface area contributed by atoms with E-state index in [9.17, 15) is 4.79 Å². The number of allylic oxidation sites excluding steroid dienone is 1. The molecule has 6 heteroatoms. The Morgan fingerprint density at radius 3 is 2.46 bits per heavy atom. The van der Waals surface area contributed by atoms with Gasteiger partial charge in [0.25, 0.3) is 0 Å². The quantitative estimate of drug-likeness (QED) is 0.414. The molecule has 0 fully saturated rings. The number of carbonyl (C=O) groups excluding carboxylic acids is 1. The second kappa shape index (κ2) is 6.53. The van der Waals surface area contributed by atoms with Gasteiger partial charge in [0.05, 0.1) is 0 Å². The second-order valence-corrected chi connectivity index (χ2v) is 32.0. The average molecular weight is 397 g/mol. The van der Waals surface area contributed by atoms with Gasteiger partial charge in [-0.2, -0.15) is 0 Å². The third kappa shape index (κ3) is 7.05. The SMILES string of the molecule is C/C=C(\[CH2][Sn]([Cl])([Cl])[Br])C(=O)OCC. The van der Waals surface area contributed by atoms with E-state index in [1.807, 2.05) is 0 Å². The standard InChI is InChI=1S/C7H11O2.BrH.2ClH.Sn/c1-4-6(3)7(8)9-5-2;;;;/h4H,3,5H2,1-2H3;3*1H;/q;;;;+3/p-3/b6-4+;;;;. The van der Waals surface area contributed by atoms with Crippen LogP contribution in [-0.2, 0) is 9.53 Å². The van der Waals surface area contributed by atoms with Crippen LogP contribution in [0.5, 0.6) is 0 Å². The summed E-state index contributed by atoms with van der Waals surface area (Å²) in [6, 6.07) is 0. The van der Waals surface area contributed by atoms with Gasteiger partial charge in [-0.15, -0.1) is 0 Å². The summed E-state index contributed by atoms with van der Waals surface area (Å²) in [6.07, 6.45) is 1.69. The normalized spacial score (nSPS) is 12.8. The molecule has 0 saturated heterocycles. The van der Waals surface area contributed by atoms with Crippen LogP contribution in [0.2, 0.25) is 4.44 Å². The number of ether oxygens (including phenoxy) is 1. The zero-order valence-electron chi connectivity index (χ0n) is 7.44. The van der Waals surface area contributed by atoms with Gasteiger partial charge in [-0.25, -0.2) is 0 Å². The Hall–Kier alpha value is 1.07. The molecule has 0 aliphatic rings. The molecule has 0 amide bonds. The molecule has 0 radical (unpaired) electrons. The first kappa shape index (κ1) is 14.1. The molecule has 0 aromatic carbocycles. The van der Waals surface area contributed by atoms with E-state index in [4.69, 9.17) is 22.6 Å². The number of hydrogen-bond acceptors (Lipinski definition) is 2. The number of hydrogen-bond donors (Lipinski definition) is 0. The maximum atomic E-state index is 11.3. The molecule has 0 N–H and O–H groups in total. The van der Waals surface area contributed by atoms with E-state index in [1.165, 1.54) is 0 Å². The molecule has 0 atom stereocenters. The average Bonchev–Trinajstić information content (AvgIpc) is 1.99. The molecule has 76 valence electrons. The Kier molecular flexibility index (Phi) is 7.07. The van der Waals surface area contributed by atoms with Crippen LogP contribution in [0, 0.1) is 0 Å². The summed E-state index contributed by atoms with van der Waals surface area (Å²) in [4.78, 5) is 11.3. The van der Waals surface area contributed by atoms with E-state index >= 15 is 0 Å². The van der Waals surface area contributed by atoms with E-state index in [-0.39, 0.29) is 5.97 Å². The summed E-state index contributed by atoms with van der Waals surface area (Å²) in [7, 11) is 11.8. The predicted molar refractivity (Wildman–Crippen MR) is 61.6 cm³/mol. The summed E-state index contributed by atoms with van der Waals surface area (Å²) in [5.74, 6) is -0.327. The predicted octanol–water partition coefficient (Wildman–Crippen LogP) is 3.31. The number of rotatable bonds is 4. The van der Waals surface area contributed by atoms with E-state index in [1.54, 1.807) is 19.9 Å². The molecule has 13 heavy (non-hydrogen) atoms. The van der Waals surface area contributed by atoms with Gasteiger partial charge in [0.15, 0.2) is 0 Å². The summed E-state index contributed by atoms with van der Waals surface area (Å²) in [6.45, 7) is 3.90. The molecule has 0 saturated carbocycles. The Morgan fingerprint density at radius 1 is 1.62 bits per heavy atom. The maximum absolute atomic E-state index is 11.3. The van der Waals surface area contributed by atoms with E-state index in [0.29, 0.717) is 16.6 Å². The van der Waals surface area contributed by atoms with Crippen molar-refractivity contribution in [2.75, 3.05) is 6.61 Å². The van der Waals surface area contributed by atoms with Crippen LogP contribution in [-0.4, -0.2) is 26.5 Å². The Balaban J connectivity index is 4.29. The van der Waals surface area contributed by atoms with Gasteiger partial charge in [0, 0.05) is 0 Å². The first-order valence-electron chi connectivity index (χ1n) is 3.79. The van der Waals surface area contributed by atoms with Crippen molar-refractivity contribution in [2.45, 2.75) is 18.3 Å². The molecule has 0 bridgehead atoms. The molecule has 0 aliphatic carbocycles. The zero-order chi connectivity index (χ0) is 10.5. The van der Waals surface area contributed by atoms with Gasteiger partial charge in [0.1, 0.15) is 0 Å². The number of halogens is 3. The molecule has 0 aromatic rings. The fourth-order valence-electron chi connectivity index (χ4n) is 0.732. The molecular weight excluding hydrogens is 386 g/mol. The van der Waals surface area contributed by atoms with Gasteiger partial charge in [-0.1, -0.05) is 0 Å². The first-order valence-corrected chi connectivity index (χ1v) is 19.4. The minimum absolute atomic E-state index is 0.327. The third-order valence-corrected chi connectivity index (χ3v) is 7.18. The van der Waals surface area contributed by atoms with Crippen LogP contribution in [0.15, 0.2) is 11.6 Å². The second-order valence-electron chi connectivity index (χ2n) is 2.33. The molecule has 0 unspecified atom stereocenters.